The average molecular weight is 449 g/mol. The van der Waals surface area contributed by atoms with E-state index in [0.29, 0.717) is 13.0 Å². The third kappa shape index (κ3) is 3.67. The zero-order chi connectivity index (χ0) is 19.7. The summed E-state index contributed by atoms with van der Waals surface area (Å²) in [6.07, 6.45) is 8.32. The van der Waals surface area contributed by atoms with Crippen LogP contribution >= 0.6 is 15.9 Å². The molecule has 144 valence electrons. The van der Waals surface area contributed by atoms with Gasteiger partial charge in [0.15, 0.2) is 17.8 Å². The van der Waals surface area contributed by atoms with E-state index in [1.165, 1.54) is 6.07 Å². The fourth-order valence-electron chi connectivity index (χ4n) is 3.23. The Balaban J connectivity index is 1.78. The molecule has 1 atom stereocenters. The Labute approximate surface area is 168 Å². The Kier molecular flexibility index (Phi) is 5.19. The molecule has 1 aromatic heterocycles. The van der Waals surface area contributed by atoms with Crippen molar-refractivity contribution in [2.75, 3.05) is 6.61 Å². The highest BCUT2D eigenvalue weighted by molar-refractivity contribution is 9.11. The monoisotopic (exact) mass is 448 g/mol. The molecular formula is C19H17BrF2N5O+. The molecule has 1 aromatic carbocycles. The van der Waals surface area contributed by atoms with Gasteiger partial charge in [0.05, 0.1) is 24.6 Å². The first kappa shape index (κ1) is 18.7. The van der Waals surface area contributed by atoms with Crippen molar-refractivity contribution in [3.05, 3.63) is 63.9 Å². The highest BCUT2D eigenvalue weighted by Crippen LogP contribution is 2.34. The summed E-state index contributed by atoms with van der Waals surface area (Å²) in [6, 6.07) is 3.16. The van der Waals surface area contributed by atoms with E-state index in [1.807, 2.05) is 18.3 Å². The quantitative estimate of drug-likeness (QED) is 0.399. The van der Waals surface area contributed by atoms with Gasteiger partial charge in [0.25, 0.3) is 0 Å². The Hall–Kier alpha value is -2.65. The number of benzene rings is 1. The smallest absolute Gasteiger partial charge is 0.376 e. The molecule has 0 fully saturated rings. The van der Waals surface area contributed by atoms with Gasteiger partial charge in [0.2, 0.25) is 0 Å². The topological polar surface area (TPSA) is 79.6 Å². The van der Waals surface area contributed by atoms with E-state index >= 15 is 0 Å². The standard InChI is InChI=1S/C19H16BrF2N5O/c20-12-1-3-14-17(7-12)28-6-5-11-9-27(26-18(11)14)19(24-10-23)25-16-4-2-13(21)8-15(16)22/h1-4,8-10,17H,5-7H2,(H2,23,24,25)/p+1. The Bertz CT molecular complexity index is 1040. The van der Waals surface area contributed by atoms with Crippen LogP contribution < -0.4 is 10.4 Å². The molecule has 0 saturated carbocycles. The summed E-state index contributed by atoms with van der Waals surface area (Å²) in [5.74, 6) is -1.32. The lowest BCUT2D eigenvalue weighted by Crippen LogP contribution is -2.43. The first-order chi connectivity index (χ1) is 13.5. The maximum Gasteiger partial charge on any atom is 0.457 e. The number of hydrogen-bond donors (Lipinski definition) is 2. The highest BCUT2D eigenvalue weighted by Gasteiger charge is 2.29. The van der Waals surface area contributed by atoms with Gasteiger partial charge in [0.1, 0.15) is 5.82 Å². The van der Waals surface area contributed by atoms with Crippen molar-refractivity contribution in [1.82, 2.24) is 5.10 Å². The zero-order valence-electron chi connectivity index (χ0n) is 14.7. The molecule has 0 bridgehead atoms. The molecule has 9 heteroatoms. The molecule has 0 spiro atoms. The molecule has 28 heavy (non-hydrogen) atoms. The number of hydrogen-bond acceptors (Lipinski definition) is 2. The minimum atomic E-state index is -0.781. The molecule has 3 N–H and O–H groups in total. The zero-order valence-corrected chi connectivity index (χ0v) is 16.3. The lowest BCUT2D eigenvalue weighted by molar-refractivity contribution is -0.619. The van der Waals surface area contributed by atoms with Gasteiger partial charge in [0, 0.05) is 30.0 Å². The van der Waals surface area contributed by atoms with Crippen molar-refractivity contribution in [1.29, 1.82) is 0 Å². The molecule has 2 aromatic rings. The van der Waals surface area contributed by atoms with Crippen LogP contribution in [0.4, 0.5) is 14.5 Å². The predicted octanol–water partition coefficient (Wildman–Crippen LogP) is 3.11. The first-order valence-electron chi connectivity index (χ1n) is 8.65. The second-order valence-corrected chi connectivity index (χ2v) is 7.36. The lowest BCUT2D eigenvalue weighted by atomic mass is 9.97. The number of H-pyrrole nitrogens is 1. The van der Waals surface area contributed by atoms with E-state index in [4.69, 9.17) is 10.5 Å². The molecule has 0 amide bonds. The molecule has 1 aliphatic carbocycles. The van der Waals surface area contributed by atoms with E-state index in [1.54, 1.807) is 4.68 Å². The average Bonchev–Trinajstić information content (AvgIpc) is 3.00. The highest BCUT2D eigenvalue weighted by atomic mass is 79.9. The summed E-state index contributed by atoms with van der Waals surface area (Å²) in [5, 5.41) is 3.25. The summed E-state index contributed by atoms with van der Waals surface area (Å²) in [6.45, 7) is 0.576. The van der Waals surface area contributed by atoms with E-state index in [0.717, 1.165) is 46.2 Å². The number of fused-ring (bicyclic) bond motifs is 3. The van der Waals surface area contributed by atoms with Gasteiger partial charge in [-0.15, -0.1) is 4.68 Å². The predicted molar refractivity (Wildman–Crippen MR) is 106 cm³/mol. The molecule has 0 saturated heterocycles. The molecule has 2 heterocycles. The van der Waals surface area contributed by atoms with Crippen molar-refractivity contribution in [2.24, 2.45) is 15.7 Å². The lowest BCUT2D eigenvalue weighted by Gasteiger charge is -2.20. The number of nitrogens with one attached hydrogen (secondary N) is 1. The van der Waals surface area contributed by atoms with Crippen molar-refractivity contribution >= 4 is 39.5 Å². The van der Waals surface area contributed by atoms with Gasteiger partial charge in [-0.1, -0.05) is 38.1 Å². The number of ether oxygens (including phenoxy) is 1. The van der Waals surface area contributed by atoms with Crippen molar-refractivity contribution in [2.45, 2.75) is 18.9 Å². The molecule has 6 nitrogen and oxygen atoms in total. The van der Waals surface area contributed by atoms with Crippen LogP contribution in [0.1, 0.15) is 17.7 Å². The molecular weight excluding hydrogens is 432 g/mol. The van der Waals surface area contributed by atoms with Crippen LogP contribution in [0.15, 0.2) is 51.0 Å². The van der Waals surface area contributed by atoms with Gasteiger partial charge < -0.3 is 10.5 Å². The molecule has 1 unspecified atom stereocenters. The summed E-state index contributed by atoms with van der Waals surface area (Å²) in [7, 11) is 0. The maximum absolute atomic E-state index is 14.0. The normalized spacial score (nSPS) is 19.7. The maximum atomic E-state index is 14.0. The van der Waals surface area contributed by atoms with Crippen molar-refractivity contribution in [3.63, 3.8) is 0 Å². The Morgan fingerprint density at radius 3 is 3.00 bits per heavy atom. The van der Waals surface area contributed by atoms with Crippen molar-refractivity contribution in [3.8, 4) is 0 Å². The van der Waals surface area contributed by atoms with Gasteiger partial charge in [-0.3, -0.25) is 0 Å². The van der Waals surface area contributed by atoms with Gasteiger partial charge in [-0.25, -0.2) is 13.9 Å². The van der Waals surface area contributed by atoms with E-state index in [-0.39, 0.29) is 17.8 Å². The number of allylic oxidation sites excluding steroid dienone is 2. The fourth-order valence-corrected chi connectivity index (χ4v) is 3.66. The van der Waals surface area contributed by atoms with Crippen LogP contribution in [0.3, 0.4) is 0 Å². The summed E-state index contributed by atoms with van der Waals surface area (Å²) >= 11 is 3.52. The van der Waals surface area contributed by atoms with Gasteiger partial charge in [-0.05, 0) is 16.6 Å². The van der Waals surface area contributed by atoms with Crippen LogP contribution in [0.2, 0.25) is 0 Å². The van der Waals surface area contributed by atoms with E-state index in [9.17, 15) is 8.78 Å². The van der Waals surface area contributed by atoms with Crippen LogP contribution in [-0.4, -0.2) is 30.1 Å². The number of nitrogens with two attached hydrogens (primary N) is 1. The third-order valence-corrected chi connectivity index (χ3v) is 5.11. The largest absolute Gasteiger partial charge is 0.457 e. The molecule has 1 aliphatic heterocycles. The van der Waals surface area contributed by atoms with Crippen LogP contribution in [0, 0.1) is 11.6 Å². The number of aromatic nitrogens is 2. The van der Waals surface area contributed by atoms with E-state index in [2.05, 4.69) is 31.0 Å². The third-order valence-electron chi connectivity index (χ3n) is 4.52. The Morgan fingerprint density at radius 2 is 2.21 bits per heavy atom. The van der Waals surface area contributed by atoms with Gasteiger partial charge >= 0.3 is 5.96 Å². The second-order valence-electron chi connectivity index (χ2n) is 6.35. The number of aliphatic imine (C=N–C) groups is 2. The first-order valence-corrected chi connectivity index (χ1v) is 9.44. The number of nitrogens with zero attached hydrogens (tertiary/aromatic N) is 3. The molecule has 2 aliphatic rings. The van der Waals surface area contributed by atoms with Gasteiger partial charge in [-0.2, -0.15) is 0 Å². The van der Waals surface area contributed by atoms with Crippen LogP contribution in [0.5, 0.6) is 0 Å². The minimum Gasteiger partial charge on any atom is -0.376 e. The molecule has 4 rings (SSSR count). The van der Waals surface area contributed by atoms with Crippen LogP contribution in [0.25, 0.3) is 5.57 Å². The minimum absolute atomic E-state index is 0.0377. The number of rotatable bonds is 1. The van der Waals surface area contributed by atoms with Crippen molar-refractivity contribution < 1.29 is 18.2 Å². The van der Waals surface area contributed by atoms with E-state index < -0.39 is 11.6 Å². The summed E-state index contributed by atoms with van der Waals surface area (Å²) < 4.78 is 35.8. The Morgan fingerprint density at radius 1 is 1.36 bits per heavy atom. The number of halogens is 3. The fraction of sp³-hybridized carbons (Fsp3) is 0.211. The molecule has 0 radical (unpaired) electrons. The number of aromatic amines is 1. The SMILES string of the molecule is NC=NC(=Nc1ccc(F)cc1F)[n+]1cc2c([nH]1)C1=CC=C(Br)CC1OCC2. The summed E-state index contributed by atoms with van der Waals surface area (Å²) in [4.78, 5) is 8.24. The van der Waals surface area contributed by atoms with Crippen LogP contribution in [-0.2, 0) is 11.2 Å². The summed E-state index contributed by atoms with van der Waals surface area (Å²) in [5.41, 5.74) is 8.38. The second kappa shape index (κ2) is 7.76.